The first-order valence-corrected chi connectivity index (χ1v) is 6.99. The normalized spacial score (nSPS) is 28.3. The molecule has 2 bridgehead atoms. The molecule has 6 nitrogen and oxygen atoms in total. The topological polar surface area (TPSA) is 94.0 Å². The molecule has 3 N–H and O–H groups in total. The number of aromatic nitrogens is 3. The van der Waals surface area contributed by atoms with Crippen LogP contribution >= 0.6 is 0 Å². The van der Waals surface area contributed by atoms with E-state index in [1.54, 1.807) is 6.20 Å². The molecule has 3 atom stereocenters. The van der Waals surface area contributed by atoms with Gasteiger partial charge >= 0.3 is 5.97 Å². The number of nitrogens with zero attached hydrogens (tertiary/aromatic N) is 3. The molecule has 2 aromatic rings. The van der Waals surface area contributed by atoms with E-state index >= 15 is 0 Å². The predicted octanol–water partition coefficient (Wildman–Crippen LogP) is 2.07. The number of nitrogen functional groups attached to an aromatic ring is 1. The second-order valence-corrected chi connectivity index (χ2v) is 5.95. The SMILES string of the molecule is Nc1ncnc2c1c(C(=O)O)cn2C1CC2CCC1C2. The third kappa shape index (κ3) is 1.47. The highest BCUT2D eigenvalue weighted by Crippen LogP contribution is 2.51. The average molecular weight is 272 g/mol. The number of carboxylic acid groups (broad SMARTS) is 1. The molecule has 0 saturated heterocycles. The zero-order valence-corrected chi connectivity index (χ0v) is 11.0. The van der Waals surface area contributed by atoms with Gasteiger partial charge < -0.3 is 15.4 Å². The first-order chi connectivity index (χ1) is 9.65. The summed E-state index contributed by atoms with van der Waals surface area (Å²) in [7, 11) is 0. The molecule has 0 spiro atoms. The van der Waals surface area contributed by atoms with Gasteiger partial charge in [-0.25, -0.2) is 14.8 Å². The Morgan fingerprint density at radius 1 is 1.35 bits per heavy atom. The van der Waals surface area contributed by atoms with Gasteiger partial charge in [-0.15, -0.1) is 0 Å². The number of aromatic carboxylic acids is 1. The van der Waals surface area contributed by atoms with E-state index in [-0.39, 0.29) is 11.4 Å². The van der Waals surface area contributed by atoms with Gasteiger partial charge in [-0.3, -0.25) is 0 Å². The Kier molecular flexibility index (Phi) is 2.31. The van der Waals surface area contributed by atoms with Crippen molar-refractivity contribution in [3.05, 3.63) is 18.1 Å². The summed E-state index contributed by atoms with van der Waals surface area (Å²) in [6.07, 6.45) is 8.03. The maximum Gasteiger partial charge on any atom is 0.338 e. The van der Waals surface area contributed by atoms with Crippen LogP contribution in [0.2, 0.25) is 0 Å². The monoisotopic (exact) mass is 272 g/mol. The van der Waals surface area contributed by atoms with Crippen LogP contribution in [0.25, 0.3) is 11.0 Å². The smallest absolute Gasteiger partial charge is 0.338 e. The van der Waals surface area contributed by atoms with Crippen molar-refractivity contribution in [2.75, 3.05) is 5.73 Å². The minimum absolute atomic E-state index is 0.209. The van der Waals surface area contributed by atoms with Crippen LogP contribution < -0.4 is 5.73 Å². The van der Waals surface area contributed by atoms with Gasteiger partial charge in [0.15, 0.2) is 0 Å². The summed E-state index contributed by atoms with van der Waals surface area (Å²) in [5.41, 5.74) is 6.72. The van der Waals surface area contributed by atoms with Crippen molar-refractivity contribution in [3.63, 3.8) is 0 Å². The molecule has 2 fully saturated rings. The van der Waals surface area contributed by atoms with Gasteiger partial charge in [0.05, 0.1) is 10.9 Å². The molecule has 2 saturated carbocycles. The van der Waals surface area contributed by atoms with E-state index in [2.05, 4.69) is 9.97 Å². The van der Waals surface area contributed by atoms with Crippen molar-refractivity contribution in [2.45, 2.75) is 31.7 Å². The number of rotatable bonds is 2. The lowest BCUT2D eigenvalue weighted by Gasteiger charge is -2.23. The van der Waals surface area contributed by atoms with E-state index in [0.717, 1.165) is 12.3 Å². The van der Waals surface area contributed by atoms with Crippen LogP contribution in [0.3, 0.4) is 0 Å². The molecule has 2 heterocycles. The third-order valence-corrected chi connectivity index (χ3v) is 4.93. The first-order valence-electron chi connectivity index (χ1n) is 6.99. The number of hydrogen-bond donors (Lipinski definition) is 2. The van der Waals surface area contributed by atoms with Gasteiger partial charge in [0.25, 0.3) is 0 Å². The van der Waals surface area contributed by atoms with E-state index < -0.39 is 5.97 Å². The summed E-state index contributed by atoms with van der Waals surface area (Å²) >= 11 is 0. The van der Waals surface area contributed by atoms with Gasteiger partial charge in [-0.05, 0) is 31.1 Å². The second kappa shape index (κ2) is 3.94. The van der Waals surface area contributed by atoms with Gasteiger partial charge in [0, 0.05) is 12.2 Å². The number of anilines is 1. The molecule has 0 radical (unpaired) electrons. The second-order valence-electron chi connectivity index (χ2n) is 5.95. The Morgan fingerprint density at radius 2 is 2.20 bits per heavy atom. The first kappa shape index (κ1) is 11.7. The molecule has 104 valence electrons. The summed E-state index contributed by atoms with van der Waals surface area (Å²) in [5.74, 6) is 0.705. The van der Waals surface area contributed by atoms with Crippen molar-refractivity contribution in [1.82, 2.24) is 14.5 Å². The van der Waals surface area contributed by atoms with Gasteiger partial charge in [-0.2, -0.15) is 0 Å². The van der Waals surface area contributed by atoms with Crippen LogP contribution in [0, 0.1) is 11.8 Å². The quantitative estimate of drug-likeness (QED) is 0.872. The zero-order chi connectivity index (χ0) is 13.9. The number of carbonyl (C=O) groups is 1. The lowest BCUT2D eigenvalue weighted by molar-refractivity contribution is 0.0698. The van der Waals surface area contributed by atoms with Crippen molar-refractivity contribution >= 4 is 22.8 Å². The van der Waals surface area contributed by atoms with E-state index in [1.807, 2.05) is 4.57 Å². The van der Waals surface area contributed by atoms with Gasteiger partial charge in [0.2, 0.25) is 0 Å². The number of nitrogens with two attached hydrogens (primary N) is 1. The Labute approximate surface area is 115 Å². The average Bonchev–Trinajstić information content (AvgIpc) is 3.11. The van der Waals surface area contributed by atoms with E-state index in [9.17, 15) is 9.90 Å². The van der Waals surface area contributed by atoms with Crippen LogP contribution in [-0.4, -0.2) is 25.6 Å². The molecular weight excluding hydrogens is 256 g/mol. The molecule has 2 aliphatic rings. The number of hydrogen-bond acceptors (Lipinski definition) is 4. The highest BCUT2D eigenvalue weighted by Gasteiger charge is 2.41. The molecule has 2 aliphatic carbocycles. The molecule has 20 heavy (non-hydrogen) atoms. The fourth-order valence-corrected chi connectivity index (χ4v) is 4.08. The van der Waals surface area contributed by atoms with Crippen molar-refractivity contribution in [1.29, 1.82) is 0 Å². The maximum atomic E-state index is 11.4. The molecule has 4 rings (SSSR count). The Bertz CT molecular complexity index is 709. The van der Waals surface area contributed by atoms with E-state index in [0.29, 0.717) is 23.0 Å². The van der Waals surface area contributed by atoms with Gasteiger partial charge in [-0.1, -0.05) is 6.42 Å². The summed E-state index contributed by atoms with van der Waals surface area (Å²) in [6.45, 7) is 0. The summed E-state index contributed by atoms with van der Waals surface area (Å²) in [4.78, 5) is 19.6. The highest BCUT2D eigenvalue weighted by atomic mass is 16.4. The van der Waals surface area contributed by atoms with Gasteiger partial charge in [0.1, 0.15) is 17.8 Å². The fourth-order valence-electron chi connectivity index (χ4n) is 4.08. The number of fused-ring (bicyclic) bond motifs is 3. The van der Waals surface area contributed by atoms with Crippen LogP contribution in [0.15, 0.2) is 12.5 Å². The van der Waals surface area contributed by atoms with Crippen LogP contribution in [-0.2, 0) is 0 Å². The van der Waals surface area contributed by atoms with Crippen LogP contribution in [0.4, 0.5) is 5.82 Å². The Morgan fingerprint density at radius 3 is 2.85 bits per heavy atom. The Hall–Kier alpha value is -2.11. The summed E-state index contributed by atoms with van der Waals surface area (Å²) in [6, 6.07) is 0.360. The fraction of sp³-hybridized carbons (Fsp3) is 0.500. The summed E-state index contributed by atoms with van der Waals surface area (Å²) in [5, 5.41) is 9.85. The van der Waals surface area contributed by atoms with Crippen molar-refractivity contribution in [3.8, 4) is 0 Å². The van der Waals surface area contributed by atoms with Crippen LogP contribution in [0.1, 0.15) is 42.1 Å². The maximum absolute atomic E-state index is 11.4. The van der Waals surface area contributed by atoms with E-state index in [1.165, 1.54) is 25.6 Å². The minimum atomic E-state index is -0.974. The standard InChI is InChI=1S/C14H16N4O2/c15-12-11-9(14(19)20)5-18(13(11)17-6-16-12)10-4-7-1-2-8(10)3-7/h5-8,10H,1-4H2,(H,19,20)(H2,15,16,17). The molecular formula is C14H16N4O2. The number of carboxylic acids is 1. The Balaban J connectivity index is 1.92. The molecule has 6 heteroatoms. The largest absolute Gasteiger partial charge is 0.478 e. The van der Waals surface area contributed by atoms with Crippen LogP contribution in [0.5, 0.6) is 0 Å². The van der Waals surface area contributed by atoms with Crippen molar-refractivity contribution < 1.29 is 9.90 Å². The zero-order valence-electron chi connectivity index (χ0n) is 11.0. The minimum Gasteiger partial charge on any atom is -0.478 e. The lowest BCUT2D eigenvalue weighted by Crippen LogP contribution is -2.15. The third-order valence-electron chi connectivity index (χ3n) is 4.93. The molecule has 0 aliphatic heterocycles. The molecule has 0 aromatic carbocycles. The highest BCUT2D eigenvalue weighted by molar-refractivity contribution is 6.06. The lowest BCUT2D eigenvalue weighted by atomic mass is 9.95. The van der Waals surface area contributed by atoms with E-state index in [4.69, 9.17) is 5.73 Å². The predicted molar refractivity (Wildman–Crippen MR) is 73.4 cm³/mol. The van der Waals surface area contributed by atoms with Crippen molar-refractivity contribution in [2.24, 2.45) is 11.8 Å². The molecule has 0 amide bonds. The molecule has 3 unspecified atom stereocenters. The summed E-state index contributed by atoms with van der Waals surface area (Å²) < 4.78 is 2.03. The molecule has 2 aromatic heterocycles.